The molecule has 13 heavy (non-hydrogen) atoms. The van der Waals surface area contributed by atoms with Crippen LogP contribution in [0.2, 0.25) is 0 Å². The quantitative estimate of drug-likeness (QED) is 0.316. The second kappa shape index (κ2) is 4.26. The molecule has 0 radical (unpaired) electrons. The van der Waals surface area contributed by atoms with E-state index in [1.54, 1.807) is 0 Å². The molecule has 0 aliphatic carbocycles. The first-order chi connectivity index (χ1) is 5.58. The van der Waals surface area contributed by atoms with Crippen LogP contribution in [0.3, 0.4) is 0 Å². The Balaban J connectivity index is 0.00000144. The zero-order valence-corrected chi connectivity index (χ0v) is 7.32. The molecule has 1 aromatic rings. The minimum atomic E-state index is -0.167. The first-order valence-corrected chi connectivity index (χ1v) is 2.94. The average molecular weight is 205 g/mol. The lowest BCUT2D eigenvalue weighted by Crippen LogP contribution is -2.22. The number of nitrogen functional groups attached to an aromatic ring is 2. The molecule has 0 fully saturated rings. The molecule has 0 bridgehead atoms. The van der Waals surface area contributed by atoms with Gasteiger partial charge in [0.05, 0.1) is 0 Å². The minimum absolute atomic E-state index is 0. The smallest absolute Gasteiger partial charge is 0.259 e. The Kier molecular flexibility index (Phi) is 3.66. The van der Waals surface area contributed by atoms with Gasteiger partial charge < -0.3 is 22.9 Å². The molecule has 0 amide bonds. The highest BCUT2D eigenvalue weighted by atomic mass is 35.5. The summed E-state index contributed by atoms with van der Waals surface area (Å²) in [4.78, 5) is 14.3. The Morgan fingerprint density at radius 1 is 1.00 bits per heavy atom. The van der Waals surface area contributed by atoms with E-state index in [0.717, 1.165) is 0 Å². The molecule has 1 rings (SSSR count). The van der Waals surface area contributed by atoms with E-state index in [1.165, 1.54) is 0 Å². The molecule has 8 nitrogen and oxygen atoms in total. The molecule has 8 N–H and O–H groups in total. The first kappa shape index (κ1) is 11.2. The number of guanidine groups is 1. The fourth-order valence-electron chi connectivity index (χ4n) is 0.563. The molecule has 1 aromatic heterocycles. The molecule has 0 aliphatic heterocycles. The second-order valence-electron chi connectivity index (χ2n) is 1.89. The van der Waals surface area contributed by atoms with Crippen LogP contribution in [0, 0.1) is 0 Å². The maximum atomic E-state index is 5.24. The number of aliphatic imine (C=N–C) groups is 1. The van der Waals surface area contributed by atoms with Crippen molar-refractivity contribution in [3.8, 4) is 0 Å². The van der Waals surface area contributed by atoms with E-state index in [4.69, 9.17) is 22.9 Å². The fraction of sp³-hybridized carbons (Fsp3) is 0. The summed E-state index contributed by atoms with van der Waals surface area (Å²) in [6.07, 6.45) is 0. The van der Waals surface area contributed by atoms with Gasteiger partial charge in [-0.1, -0.05) is 0 Å². The monoisotopic (exact) mass is 204 g/mol. The van der Waals surface area contributed by atoms with Gasteiger partial charge in [-0.15, -0.1) is 12.4 Å². The summed E-state index contributed by atoms with van der Waals surface area (Å²) in [6, 6.07) is 0. The summed E-state index contributed by atoms with van der Waals surface area (Å²) in [5.74, 6) is -0.218. The number of aromatic nitrogens is 3. The number of hydrogen-bond donors (Lipinski definition) is 4. The Morgan fingerprint density at radius 2 is 1.46 bits per heavy atom. The molecule has 0 saturated carbocycles. The second-order valence-corrected chi connectivity index (χ2v) is 1.89. The van der Waals surface area contributed by atoms with Crippen molar-refractivity contribution in [2.45, 2.75) is 0 Å². The Morgan fingerprint density at radius 3 is 1.85 bits per heavy atom. The molecule has 0 unspecified atom stereocenters. The van der Waals surface area contributed by atoms with Gasteiger partial charge in [0.2, 0.25) is 11.9 Å². The highest BCUT2D eigenvalue weighted by Crippen LogP contribution is 2.05. The number of halogens is 1. The molecule has 9 heteroatoms. The van der Waals surface area contributed by atoms with E-state index >= 15 is 0 Å². The predicted molar refractivity (Wildman–Crippen MR) is 51.4 cm³/mol. The number of rotatable bonds is 1. The van der Waals surface area contributed by atoms with Crippen LogP contribution >= 0.6 is 12.4 Å². The van der Waals surface area contributed by atoms with Crippen LogP contribution in [-0.2, 0) is 0 Å². The minimum Gasteiger partial charge on any atom is -0.370 e. The summed E-state index contributed by atoms with van der Waals surface area (Å²) >= 11 is 0. The third-order valence-electron chi connectivity index (χ3n) is 0.887. The molecule has 1 heterocycles. The molecule has 0 saturated heterocycles. The number of nitrogens with zero attached hydrogens (tertiary/aromatic N) is 4. The molecule has 0 spiro atoms. The first-order valence-electron chi connectivity index (χ1n) is 2.94. The van der Waals surface area contributed by atoms with E-state index in [-0.39, 0.29) is 36.2 Å². The predicted octanol–water partition coefficient (Wildman–Crippen LogP) is -1.64. The zero-order chi connectivity index (χ0) is 9.14. The summed E-state index contributed by atoms with van der Waals surface area (Å²) < 4.78 is 0. The molecule has 0 atom stereocenters. The number of hydrogen-bond acceptors (Lipinski definition) is 6. The van der Waals surface area contributed by atoms with Crippen molar-refractivity contribution in [1.82, 2.24) is 15.0 Å². The van der Waals surface area contributed by atoms with E-state index < -0.39 is 0 Å². The zero-order valence-electron chi connectivity index (χ0n) is 6.51. The van der Waals surface area contributed by atoms with Gasteiger partial charge >= 0.3 is 0 Å². The van der Waals surface area contributed by atoms with Crippen LogP contribution in [0.1, 0.15) is 0 Å². The SMILES string of the molecule is Cl.NC(N)=Nc1nc(N)nc(N)n1. The van der Waals surface area contributed by atoms with Crippen molar-refractivity contribution in [3.05, 3.63) is 0 Å². The largest absolute Gasteiger partial charge is 0.370 e. The molecule has 0 aromatic carbocycles. The van der Waals surface area contributed by atoms with E-state index in [9.17, 15) is 0 Å². The van der Waals surface area contributed by atoms with Gasteiger partial charge in [-0.05, 0) is 0 Å². The number of nitrogens with two attached hydrogens (primary N) is 4. The van der Waals surface area contributed by atoms with E-state index in [1.807, 2.05) is 0 Å². The Hall–Kier alpha value is -1.83. The lowest BCUT2D eigenvalue weighted by molar-refractivity contribution is 1.06. The van der Waals surface area contributed by atoms with E-state index in [0.29, 0.717) is 0 Å². The van der Waals surface area contributed by atoms with Crippen LogP contribution in [-0.4, -0.2) is 20.9 Å². The number of anilines is 2. The Bertz CT molecular complexity index is 298. The van der Waals surface area contributed by atoms with Gasteiger partial charge in [-0.2, -0.15) is 19.9 Å². The molecular weight excluding hydrogens is 196 g/mol. The van der Waals surface area contributed by atoms with Crippen molar-refractivity contribution in [2.24, 2.45) is 16.5 Å². The van der Waals surface area contributed by atoms with Gasteiger partial charge in [0.25, 0.3) is 5.95 Å². The van der Waals surface area contributed by atoms with Gasteiger partial charge in [0, 0.05) is 0 Å². The van der Waals surface area contributed by atoms with Crippen LogP contribution in [0.4, 0.5) is 17.8 Å². The molecule has 0 aliphatic rings. The highest BCUT2D eigenvalue weighted by molar-refractivity contribution is 5.85. The maximum Gasteiger partial charge on any atom is 0.259 e. The summed E-state index contributed by atoms with van der Waals surface area (Å²) in [6.45, 7) is 0. The van der Waals surface area contributed by atoms with Crippen molar-refractivity contribution < 1.29 is 0 Å². The summed E-state index contributed by atoms with van der Waals surface area (Å²) in [5, 5.41) is 0. The topological polar surface area (TPSA) is 155 Å². The lowest BCUT2D eigenvalue weighted by atomic mass is 10.8. The van der Waals surface area contributed by atoms with Gasteiger partial charge in [0.1, 0.15) is 0 Å². The van der Waals surface area contributed by atoms with E-state index in [2.05, 4.69) is 19.9 Å². The van der Waals surface area contributed by atoms with Gasteiger partial charge in [0.15, 0.2) is 5.96 Å². The fourth-order valence-corrected chi connectivity index (χ4v) is 0.563. The van der Waals surface area contributed by atoms with Crippen LogP contribution < -0.4 is 22.9 Å². The van der Waals surface area contributed by atoms with Crippen LogP contribution in [0.5, 0.6) is 0 Å². The van der Waals surface area contributed by atoms with Gasteiger partial charge in [-0.25, -0.2) is 0 Å². The lowest BCUT2D eigenvalue weighted by Gasteiger charge is -1.96. The molecule has 72 valence electrons. The van der Waals surface area contributed by atoms with Crippen molar-refractivity contribution in [3.63, 3.8) is 0 Å². The standard InChI is InChI=1S/C4H8N8.ClH/c5-1(6)9-4-11-2(7)10-3(8)12-4;/h(H8,5,6,7,8,9,10,11,12);1H. The average Bonchev–Trinajstić information content (AvgIpc) is 1.81. The normalized spacial score (nSPS) is 8.62. The van der Waals surface area contributed by atoms with Crippen molar-refractivity contribution >= 4 is 36.2 Å². The third-order valence-corrected chi connectivity index (χ3v) is 0.887. The summed E-state index contributed by atoms with van der Waals surface area (Å²) in [5.41, 5.74) is 20.6. The van der Waals surface area contributed by atoms with Crippen molar-refractivity contribution in [2.75, 3.05) is 11.5 Å². The van der Waals surface area contributed by atoms with Crippen molar-refractivity contribution in [1.29, 1.82) is 0 Å². The third kappa shape index (κ3) is 3.38. The van der Waals surface area contributed by atoms with Crippen LogP contribution in [0.15, 0.2) is 4.99 Å². The Labute approximate surface area is 79.9 Å². The summed E-state index contributed by atoms with van der Waals surface area (Å²) in [7, 11) is 0. The maximum absolute atomic E-state index is 5.24. The highest BCUT2D eigenvalue weighted by Gasteiger charge is 1.98. The van der Waals surface area contributed by atoms with Crippen LogP contribution in [0.25, 0.3) is 0 Å². The van der Waals surface area contributed by atoms with Gasteiger partial charge in [-0.3, -0.25) is 0 Å². The molecular formula is C4H9ClN8.